The van der Waals surface area contributed by atoms with E-state index in [2.05, 4.69) is 25.3 Å². The molecule has 0 saturated carbocycles. The maximum absolute atomic E-state index is 7.12. The summed E-state index contributed by atoms with van der Waals surface area (Å²) in [6.45, 7) is 4.43. The van der Waals surface area contributed by atoms with Gasteiger partial charge in [0, 0.05) is 17.4 Å². The van der Waals surface area contributed by atoms with Crippen molar-refractivity contribution in [3.05, 3.63) is 104 Å². The van der Waals surface area contributed by atoms with Crippen molar-refractivity contribution in [2.24, 2.45) is 0 Å². The number of thiophene rings is 1. The highest BCUT2D eigenvalue weighted by Crippen LogP contribution is 2.46. The second-order valence-electron chi connectivity index (χ2n) is 9.79. The molecule has 0 aliphatic carbocycles. The van der Waals surface area contributed by atoms with Crippen molar-refractivity contribution in [1.29, 1.82) is 0 Å². The van der Waals surface area contributed by atoms with Crippen LogP contribution in [0.1, 0.15) is 23.8 Å². The van der Waals surface area contributed by atoms with Gasteiger partial charge in [0.25, 0.3) is 0 Å². The van der Waals surface area contributed by atoms with Gasteiger partial charge in [-0.25, -0.2) is 0 Å². The van der Waals surface area contributed by atoms with Crippen molar-refractivity contribution in [2.75, 3.05) is 6.61 Å². The molecule has 3 atom stereocenters. The van der Waals surface area contributed by atoms with Gasteiger partial charge in [0.15, 0.2) is 0 Å². The Morgan fingerprint density at radius 2 is 1.56 bits per heavy atom. The predicted molar refractivity (Wildman–Crippen MR) is 161 cm³/mol. The van der Waals surface area contributed by atoms with Crippen LogP contribution in [-0.2, 0) is 4.74 Å². The van der Waals surface area contributed by atoms with Crippen molar-refractivity contribution in [1.82, 2.24) is 4.57 Å². The maximum atomic E-state index is 7.12. The minimum Gasteiger partial charge on any atom is -0.491 e. The number of hydrogen-bond acceptors (Lipinski definition) is 4. The lowest BCUT2D eigenvalue weighted by molar-refractivity contribution is -0.0336. The summed E-state index contributed by atoms with van der Waals surface area (Å²) in [6, 6.07) is 21.8. The molecule has 0 unspecified atom stereocenters. The van der Waals surface area contributed by atoms with E-state index in [0.29, 0.717) is 28.2 Å². The third-order valence-electron chi connectivity index (χ3n) is 7.01. The van der Waals surface area contributed by atoms with Crippen LogP contribution in [0.15, 0.2) is 77.5 Å². The van der Waals surface area contributed by atoms with E-state index in [4.69, 9.17) is 49.0 Å². The summed E-state index contributed by atoms with van der Waals surface area (Å²) >= 11 is 21.7. The predicted octanol–water partition coefficient (Wildman–Crippen LogP) is 9.76. The maximum Gasteiger partial charge on any atom is 0.139 e. The summed E-state index contributed by atoms with van der Waals surface area (Å²) in [5.41, 5.74) is 5.13. The highest BCUT2D eigenvalue weighted by Gasteiger charge is 2.40. The number of halogens is 3. The molecule has 1 saturated heterocycles. The zero-order valence-corrected chi connectivity index (χ0v) is 24.5. The Morgan fingerprint density at radius 3 is 2.23 bits per heavy atom. The monoisotopic (exact) mass is 597 g/mol. The fourth-order valence-corrected chi connectivity index (χ4v) is 6.35. The molecule has 3 aromatic carbocycles. The molecule has 0 amide bonds. The third-order valence-corrected chi connectivity index (χ3v) is 8.78. The molecule has 4 nitrogen and oxygen atoms in total. The number of hydrogen-bond donors (Lipinski definition) is 0. The van der Waals surface area contributed by atoms with Crippen molar-refractivity contribution in [2.45, 2.75) is 38.7 Å². The Kier molecular flexibility index (Phi) is 7.54. The molecule has 1 aliphatic rings. The summed E-state index contributed by atoms with van der Waals surface area (Å²) in [7, 11) is 0. The smallest absolute Gasteiger partial charge is 0.139 e. The van der Waals surface area contributed by atoms with E-state index in [1.165, 1.54) is 11.1 Å². The van der Waals surface area contributed by atoms with E-state index in [1.807, 2.05) is 70.6 Å². The number of benzene rings is 3. The molecule has 0 radical (unpaired) electrons. The van der Waals surface area contributed by atoms with Crippen LogP contribution in [0.5, 0.6) is 11.5 Å². The SMILES string of the molecule is Cc1ccc(OC[C@H]2O[C@@H](n3c(Cl)c(-c4ccsc4)c4cc(Cl)c(Cl)cc43)C[C@@H]2Oc2ccc(C)cc2)cc1. The van der Waals surface area contributed by atoms with E-state index in [-0.39, 0.29) is 12.2 Å². The van der Waals surface area contributed by atoms with Crippen molar-refractivity contribution in [3.63, 3.8) is 0 Å². The van der Waals surface area contributed by atoms with Gasteiger partial charge >= 0.3 is 0 Å². The van der Waals surface area contributed by atoms with E-state index >= 15 is 0 Å². The lowest BCUT2D eigenvalue weighted by Crippen LogP contribution is -2.32. The lowest BCUT2D eigenvalue weighted by Gasteiger charge is -2.20. The van der Waals surface area contributed by atoms with Gasteiger partial charge in [-0.05, 0) is 72.6 Å². The summed E-state index contributed by atoms with van der Waals surface area (Å²) in [5, 5.41) is 6.54. The Labute approximate surface area is 246 Å². The van der Waals surface area contributed by atoms with E-state index in [0.717, 1.165) is 33.5 Å². The molecular formula is C31H26Cl3NO3S. The number of rotatable bonds is 7. The van der Waals surface area contributed by atoms with Gasteiger partial charge in [-0.15, -0.1) is 0 Å². The molecule has 2 aromatic heterocycles. The molecule has 0 N–H and O–H groups in total. The summed E-state index contributed by atoms with van der Waals surface area (Å²) in [4.78, 5) is 0. The molecular weight excluding hydrogens is 573 g/mol. The van der Waals surface area contributed by atoms with Gasteiger partial charge in [0.05, 0.1) is 15.6 Å². The third kappa shape index (κ3) is 5.39. The second-order valence-corrected chi connectivity index (χ2v) is 11.7. The molecule has 5 aromatic rings. The highest BCUT2D eigenvalue weighted by molar-refractivity contribution is 7.08. The average Bonchev–Trinajstić information content (AvgIpc) is 3.64. The Morgan fingerprint density at radius 1 is 0.897 bits per heavy atom. The lowest BCUT2D eigenvalue weighted by atomic mass is 10.1. The zero-order chi connectivity index (χ0) is 27.1. The molecule has 0 bridgehead atoms. The molecule has 3 heterocycles. The first-order valence-electron chi connectivity index (χ1n) is 12.7. The van der Waals surface area contributed by atoms with E-state index < -0.39 is 6.23 Å². The highest BCUT2D eigenvalue weighted by atomic mass is 35.5. The Bertz CT molecular complexity index is 1600. The topological polar surface area (TPSA) is 32.6 Å². The van der Waals surface area contributed by atoms with Crippen LogP contribution in [0.3, 0.4) is 0 Å². The summed E-state index contributed by atoms with van der Waals surface area (Å²) < 4.78 is 21.3. The van der Waals surface area contributed by atoms with Crippen LogP contribution in [0.4, 0.5) is 0 Å². The van der Waals surface area contributed by atoms with Gasteiger partial charge in [-0.2, -0.15) is 11.3 Å². The quantitative estimate of drug-likeness (QED) is 0.187. The largest absolute Gasteiger partial charge is 0.491 e. The minimum absolute atomic E-state index is 0.260. The summed E-state index contributed by atoms with van der Waals surface area (Å²) in [6.07, 6.45) is -0.419. The number of fused-ring (bicyclic) bond motifs is 1. The second kappa shape index (κ2) is 11.1. The van der Waals surface area contributed by atoms with Gasteiger partial charge in [-0.3, -0.25) is 0 Å². The van der Waals surface area contributed by atoms with Crippen molar-refractivity contribution < 1.29 is 14.2 Å². The average molecular weight is 599 g/mol. The van der Waals surface area contributed by atoms with Crippen LogP contribution in [0.25, 0.3) is 22.0 Å². The summed E-state index contributed by atoms with van der Waals surface area (Å²) in [5.74, 6) is 1.57. The molecule has 6 rings (SSSR count). The van der Waals surface area contributed by atoms with Crippen LogP contribution in [-0.4, -0.2) is 23.4 Å². The Hall–Kier alpha value is -2.67. The molecule has 0 spiro atoms. The first-order valence-corrected chi connectivity index (χ1v) is 14.7. The van der Waals surface area contributed by atoms with Gasteiger partial charge in [0.2, 0.25) is 0 Å². The van der Waals surface area contributed by atoms with E-state index in [1.54, 1.807) is 11.3 Å². The first-order chi connectivity index (χ1) is 18.9. The normalized spacial score (nSPS) is 19.1. The molecule has 8 heteroatoms. The van der Waals surface area contributed by atoms with Gasteiger partial charge in [0.1, 0.15) is 41.7 Å². The molecule has 1 aliphatic heterocycles. The minimum atomic E-state index is -0.397. The number of ether oxygens (including phenoxy) is 3. The van der Waals surface area contributed by atoms with Crippen molar-refractivity contribution in [3.8, 4) is 22.6 Å². The zero-order valence-electron chi connectivity index (χ0n) is 21.4. The number of aromatic nitrogens is 1. The van der Waals surface area contributed by atoms with Crippen LogP contribution in [0.2, 0.25) is 15.2 Å². The van der Waals surface area contributed by atoms with Crippen LogP contribution in [0, 0.1) is 13.8 Å². The van der Waals surface area contributed by atoms with Crippen LogP contribution < -0.4 is 9.47 Å². The number of aryl methyl sites for hydroxylation is 2. The van der Waals surface area contributed by atoms with Gasteiger partial charge in [-0.1, -0.05) is 70.2 Å². The molecule has 39 heavy (non-hydrogen) atoms. The fraction of sp³-hybridized carbons (Fsp3) is 0.226. The molecule has 200 valence electrons. The molecule has 1 fully saturated rings. The first kappa shape index (κ1) is 26.5. The van der Waals surface area contributed by atoms with E-state index in [9.17, 15) is 0 Å². The number of nitrogens with zero attached hydrogens (tertiary/aromatic N) is 1. The fourth-order valence-electron chi connectivity index (χ4n) is 4.97. The Balaban J connectivity index is 1.36. The van der Waals surface area contributed by atoms with Gasteiger partial charge < -0.3 is 18.8 Å². The standard InChI is InChI=1S/C31H26Cl3NO3S/c1-18-3-7-21(8-4-18)36-16-28-27(37-22-9-5-19(2)6-10-22)15-29(38-28)35-26-14-25(33)24(32)13-23(26)30(31(35)34)20-11-12-39-17-20/h3-14,17,27-29H,15-16H2,1-2H3/t27-,28+,29+/m0/s1. The van der Waals surface area contributed by atoms with Crippen LogP contribution >= 0.6 is 46.1 Å². The van der Waals surface area contributed by atoms with Crippen molar-refractivity contribution >= 4 is 57.0 Å².